The first kappa shape index (κ1) is 13.0. The van der Waals surface area contributed by atoms with Gasteiger partial charge in [-0.05, 0) is 37.8 Å². The molecule has 2 N–H and O–H groups in total. The van der Waals surface area contributed by atoms with Gasteiger partial charge in [0.2, 0.25) is 0 Å². The Bertz CT molecular complexity index is 432. The number of fused-ring (bicyclic) bond motifs is 1. The number of aryl methyl sites for hydroxylation is 2. The maximum Gasteiger partial charge on any atom is 0.119 e. The van der Waals surface area contributed by atoms with Crippen LogP contribution in [0.5, 0.6) is 0 Å². The Labute approximate surface area is 107 Å². The molecule has 1 aromatic rings. The lowest BCUT2D eigenvalue weighted by molar-refractivity contribution is 0.0867. The molecular formula is C13H19N3O2. The first-order valence-corrected chi connectivity index (χ1v) is 6.28. The van der Waals surface area contributed by atoms with E-state index in [9.17, 15) is 0 Å². The monoisotopic (exact) mass is 249 g/mol. The van der Waals surface area contributed by atoms with Gasteiger partial charge in [0.15, 0.2) is 0 Å². The van der Waals surface area contributed by atoms with Crippen LogP contribution in [0.2, 0.25) is 0 Å². The second kappa shape index (κ2) is 6.47. The summed E-state index contributed by atoms with van der Waals surface area (Å²) in [5.74, 6) is 4.93. The van der Waals surface area contributed by atoms with Crippen molar-refractivity contribution in [1.29, 1.82) is 0 Å². The quantitative estimate of drug-likeness (QED) is 0.637. The third-order valence-corrected chi connectivity index (χ3v) is 2.92. The fraction of sp³-hybridized carbons (Fsp3) is 0.538. The van der Waals surface area contributed by atoms with Crippen LogP contribution in [0.4, 0.5) is 0 Å². The van der Waals surface area contributed by atoms with Gasteiger partial charge in [0.25, 0.3) is 0 Å². The lowest BCUT2D eigenvalue weighted by Gasteiger charge is -2.16. The van der Waals surface area contributed by atoms with Gasteiger partial charge >= 0.3 is 0 Å². The molecule has 0 aliphatic heterocycles. The molecule has 0 aromatic carbocycles. The molecule has 0 saturated heterocycles. The van der Waals surface area contributed by atoms with E-state index in [1.165, 1.54) is 5.56 Å². The number of hydrogen-bond donors (Lipinski definition) is 1. The van der Waals surface area contributed by atoms with E-state index >= 15 is 0 Å². The SMILES string of the molecule is Cc1ccc2c(n1)C(=NOCCCON)CCC2. The number of hydrogen-bond acceptors (Lipinski definition) is 5. The molecule has 0 bridgehead atoms. The Morgan fingerprint density at radius 3 is 3.06 bits per heavy atom. The van der Waals surface area contributed by atoms with Gasteiger partial charge in [0, 0.05) is 12.1 Å². The summed E-state index contributed by atoms with van der Waals surface area (Å²) in [6.07, 6.45) is 3.84. The molecule has 98 valence electrons. The van der Waals surface area contributed by atoms with Gasteiger partial charge < -0.3 is 9.68 Å². The topological polar surface area (TPSA) is 69.7 Å². The normalized spacial score (nSPS) is 16.7. The van der Waals surface area contributed by atoms with Gasteiger partial charge in [-0.25, -0.2) is 5.90 Å². The number of pyridine rings is 1. The second-order valence-electron chi connectivity index (χ2n) is 4.41. The highest BCUT2D eigenvalue weighted by Crippen LogP contribution is 2.20. The molecule has 5 nitrogen and oxygen atoms in total. The number of aromatic nitrogens is 1. The average molecular weight is 249 g/mol. The molecule has 5 heteroatoms. The van der Waals surface area contributed by atoms with E-state index in [4.69, 9.17) is 10.7 Å². The van der Waals surface area contributed by atoms with Gasteiger partial charge in [-0.1, -0.05) is 11.2 Å². The van der Waals surface area contributed by atoms with Crippen molar-refractivity contribution < 1.29 is 9.68 Å². The average Bonchev–Trinajstić information content (AvgIpc) is 2.39. The Morgan fingerprint density at radius 2 is 2.22 bits per heavy atom. The highest BCUT2D eigenvalue weighted by atomic mass is 16.6. The summed E-state index contributed by atoms with van der Waals surface area (Å²) >= 11 is 0. The summed E-state index contributed by atoms with van der Waals surface area (Å²) in [7, 11) is 0. The van der Waals surface area contributed by atoms with Gasteiger partial charge in [-0.3, -0.25) is 4.98 Å². The van der Waals surface area contributed by atoms with Crippen molar-refractivity contribution >= 4 is 5.71 Å². The van der Waals surface area contributed by atoms with Crippen molar-refractivity contribution in [2.75, 3.05) is 13.2 Å². The van der Waals surface area contributed by atoms with E-state index in [-0.39, 0.29) is 0 Å². The van der Waals surface area contributed by atoms with Crippen molar-refractivity contribution in [2.24, 2.45) is 11.1 Å². The molecule has 1 aromatic heterocycles. The molecule has 0 spiro atoms. The van der Waals surface area contributed by atoms with E-state index in [1.807, 2.05) is 13.0 Å². The third kappa shape index (κ3) is 3.27. The maximum absolute atomic E-state index is 5.28. The van der Waals surface area contributed by atoms with Crippen LogP contribution in [0.15, 0.2) is 17.3 Å². The smallest absolute Gasteiger partial charge is 0.119 e. The summed E-state index contributed by atoms with van der Waals surface area (Å²) < 4.78 is 0. The van der Waals surface area contributed by atoms with Crippen LogP contribution in [-0.2, 0) is 16.1 Å². The molecule has 0 radical (unpaired) electrons. The van der Waals surface area contributed by atoms with Crippen molar-refractivity contribution in [3.05, 3.63) is 29.1 Å². The second-order valence-corrected chi connectivity index (χ2v) is 4.41. The van der Waals surface area contributed by atoms with Crippen LogP contribution in [0.25, 0.3) is 0 Å². The van der Waals surface area contributed by atoms with E-state index in [0.29, 0.717) is 13.2 Å². The third-order valence-electron chi connectivity index (χ3n) is 2.92. The first-order valence-electron chi connectivity index (χ1n) is 6.28. The number of oxime groups is 1. The molecule has 0 unspecified atom stereocenters. The molecule has 18 heavy (non-hydrogen) atoms. The highest BCUT2D eigenvalue weighted by Gasteiger charge is 2.17. The van der Waals surface area contributed by atoms with Crippen LogP contribution < -0.4 is 5.90 Å². The Hall–Kier alpha value is -1.46. The molecular weight excluding hydrogens is 230 g/mol. The van der Waals surface area contributed by atoms with Gasteiger partial charge in [-0.15, -0.1) is 0 Å². The van der Waals surface area contributed by atoms with Gasteiger partial charge in [0.1, 0.15) is 12.3 Å². The highest BCUT2D eigenvalue weighted by molar-refractivity contribution is 6.00. The lowest BCUT2D eigenvalue weighted by Crippen LogP contribution is -2.15. The maximum atomic E-state index is 5.28. The zero-order chi connectivity index (χ0) is 12.8. The molecule has 0 amide bonds. The molecule has 1 heterocycles. The van der Waals surface area contributed by atoms with Crippen molar-refractivity contribution in [1.82, 2.24) is 4.98 Å². The minimum Gasteiger partial charge on any atom is -0.395 e. The summed E-state index contributed by atoms with van der Waals surface area (Å²) in [5, 5.41) is 4.20. The van der Waals surface area contributed by atoms with Crippen LogP contribution in [0.3, 0.4) is 0 Å². The lowest BCUT2D eigenvalue weighted by atomic mass is 9.94. The van der Waals surface area contributed by atoms with E-state index in [1.54, 1.807) is 0 Å². The van der Waals surface area contributed by atoms with Crippen molar-refractivity contribution in [3.63, 3.8) is 0 Å². The van der Waals surface area contributed by atoms with Crippen molar-refractivity contribution in [3.8, 4) is 0 Å². The zero-order valence-electron chi connectivity index (χ0n) is 10.7. The van der Waals surface area contributed by atoms with Gasteiger partial charge in [-0.2, -0.15) is 0 Å². The summed E-state index contributed by atoms with van der Waals surface area (Å²) in [6, 6.07) is 4.18. The molecule has 1 aliphatic carbocycles. The Kier molecular flexibility index (Phi) is 4.66. The minimum atomic E-state index is 0.485. The van der Waals surface area contributed by atoms with E-state index in [0.717, 1.165) is 42.8 Å². The number of nitrogens with two attached hydrogens (primary N) is 1. The fourth-order valence-corrected chi connectivity index (χ4v) is 2.02. The van der Waals surface area contributed by atoms with Crippen LogP contribution >= 0.6 is 0 Å². The zero-order valence-corrected chi connectivity index (χ0v) is 10.7. The predicted molar refractivity (Wildman–Crippen MR) is 69.2 cm³/mol. The largest absolute Gasteiger partial charge is 0.395 e. The number of rotatable bonds is 5. The molecule has 0 saturated carbocycles. The van der Waals surface area contributed by atoms with Crippen LogP contribution in [-0.4, -0.2) is 23.9 Å². The first-order chi connectivity index (χ1) is 8.81. The standard InChI is InChI=1S/C13H19N3O2/c1-10-6-7-11-4-2-5-12(13(11)15-10)16-18-9-3-8-17-14/h6-7H,2-5,8-9,14H2,1H3. The van der Waals surface area contributed by atoms with E-state index < -0.39 is 0 Å². The fourth-order valence-electron chi connectivity index (χ4n) is 2.02. The summed E-state index contributed by atoms with van der Waals surface area (Å²) in [4.78, 5) is 14.3. The Morgan fingerprint density at radius 1 is 1.33 bits per heavy atom. The predicted octanol–water partition coefficient (Wildman–Crippen LogP) is 1.73. The molecule has 1 aliphatic rings. The molecule has 2 rings (SSSR count). The summed E-state index contributed by atoms with van der Waals surface area (Å²) in [5.41, 5.74) is 4.23. The van der Waals surface area contributed by atoms with Crippen LogP contribution in [0.1, 0.15) is 36.2 Å². The Balaban J connectivity index is 2.02. The van der Waals surface area contributed by atoms with Gasteiger partial charge in [0.05, 0.1) is 12.3 Å². The van der Waals surface area contributed by atoms with Crippen LogP contribution in [0, 0.1) is 6.92 Å². The molecule has 0 atom stereocenters. The summed E-state index contributed by atoms with van der Waals surface area (Å²) in [6.45, 7) is 2.99. The van der Waals surface area contributed by atoms with E-state index in [2.05, 4.69) is 21.0 Å². The minimum absolute atomic E-state index is 0.485. The molecule has 0 fully saturated rings. The van der Waals surface area contributed by atoms with Crippen molar-refractivity contribution in [2.45, 2.75) is 32.6 Å². The number of nitrogens with zero attached hydrogens (tertiary/aromatic N) is 2.